The van der Waals surface area contributed by atoms with Crippen LogP contribution >= 0.6 is 12.4 Å². The van der Waals surface area contributed by atoms with Gasteiger partial charge in [0, 0.05) is 0 Å². The maximum atomic E-state index is 5.19. The van der Waals surface area contributed by atoms with E-state index in [-0.39, 0.29) is 23.1 Å². The number of hydrogen-bond acceptors (Lipinski definition) is 6. The van der Waals surface area contributed by atoms with Gasteiger partial charge in [0.25, 0.3) is 11.7 Å². The molecule has 0 saturated heterocycles. The molecule has 0 fully saturated rings. The molecule has 0 unspecified atom stereocenters. The molecule has 0 atom stereocenters. The summed E-state index contributed by atoms with van der Waals surface area (Å²) in [5.41, 5.74) is 0. The van der Waals surface area contributed by atoms with Gasteiger partial charge in [-0.25, -0.2) is 0 Å². The lowest BCUT2D eigenvalue weighted by molar-refractivity contribution is 0.365. The van der Waals surface area contributed by atoms with E-state index in [2.05, 4.69) is 19.4 Å². The van der Waals surface area contributed by atoms with E-state index in [1.807, 2.05) is 12.5 Å². The molecule has 0 spiro atoms. The maximum absolute atomic E-state index is 5.19. The van der Waals surface area contributed by atoms with E-state index >= 15 is 0 Å². The third-order valence-electron chi connectivity index (χ3n) is 1.93. The Bertz CT molecular complexity index is 582. The van der Waals surface area contributed by atoms with Crippen LogP contribution in [0.25, 0.3) is 5.78 Å². The maximum Gasteiger partial charge on any atom is 0.276 e. The molecule has 0 aliphatic rings. The number of halogens is 1. The van der Waals surface area contributed by atoms with Crippen LogP contribution in [0.5, 0.6) is 11.8 Å². The highest BCUT2D eigenvalue weighted by Gasteiger charge is 2.11. The molecule has 0 aliphatic carbocycles. The monoisotopic (exact) mass is 291 g/mol. The molecule has 100 valence electrons. The van der Waals surface area contributed by atoms with Gasteiger partial charge in [-0.3, -0.25) is 0 Å². The molecule has 0 aliphatic heterocycles. The van der Waals surface area contributed by atoms with E-state index in [0.29, 0.717) is 23.5 Å². The fourth-order valence-corrected chi connectivity index (χ4v) is 1.67. The van der Waals surface area contributed by atoms with Crippen LogP contribution in [0.2, 0.25) is 0 Å². The van der Waals surface area contributed by atoms with Gasteiger partial charge in [0.05, 0.1) is 20.3 Å². The number of fused-ring (bicyclic) bond motifs is 1. The molecule has 18 heavy (non-hydrogen) atoms. The Kier molecular flexibility index (Phi) is 4.85. The summed E-state index contributed by atoms with van der Waals surface area (Å²) in [7, 11) is 2.97. The van der Waals surface area contributed by atoms with Crippen LogP contribution in [-0.2, 0) is 10.7 Å². The normalized spacial score (nSPS) is 10.3. The summed E-state index contributed by atoms with van der Waals surface area (Å²) in [6, 6.07) is 1.64. The van der Waals surface area contributed by atoms with E-state index in [0.717, 1.165) is 0 Å². The molecule has 2 aromatic rings. The van der Waals surface area contributed by atoms with Gasteiger partial charge in [-0.2, -0.15) is 18.8 Å². The van der Waals surface area contributed by atoms with E-state index in [9.17, 15) is 0 Å². The lowest BCUT2D eigenvalue weighted by atomic mass is 10.6. The summed E-state index contributed by atoms with van der Waals surface area (Å²) < 4.78 is 16.0. The molecule has 2 aromatic heterocycles. The van der Waals surface area contributed by atoms with Crippen molar-refractivity contribution in [2.75, 3.05) is 26.7 Å². The van der Waals surface area contributed by atoms with E-state index in [1.54, 1.807) is 13.2 Å². The molecule has 0 radical (unpaired) electrons. The molecule has 9 heteroatoms. The van der Waals surface area contributed by atoms with Crippen molar-refractivity contribution in [3.63, 3.8) is 0 Å². The van der Waals surface area contributed by atoms with Crippen molar-refractivity contribution in [1.29, 1.82) is 0 Å². The van der Waals surface area contributed by atoms with Crippen LogP contribution < -0.4 is 9.47 Å². The summed E-state index contributed by atoms with van der Waals surface area (Å²) in [4.78, 5) is 8.35. The van der Waals surface area contributed by atoms with Crippen LogP contribution in [0, 0.1) is 0 Å². The summed E-state index contributed by atoms with van der Waals surface area (Å²) >= 11 is 0. The van der Waals surface area contributed by atoms with Crippen LogP contribution in [0.3, 0.4) is 0 Å². The highest BCUT2D eigenvalue weighted by molar-refractivity contribution is 7.85. The van der Waals surface area contributed by atoms with Gasteiger partial charge in [0.2, 0.25) is 11.8 Å². The first-order valence-corrected chi connectivity index (χ1v) is 6.79. The summed E-state index contributed by atoms with van der Waals surface area (Å²) in [5, 5.41) is 4.20. The van der Waals surface area contributed by atoms with Crippen molar-refractivity contribution in [2.45, 2.75) is 0 Å². The molecular formula is C9H14ClN5O2S. The largest absolute Gasteiger partial charge is 0.481 e. The molecule has 0 N–H and O–H groups in total. The van der Waals surface area contributed by atoms with Crippen LogP contribution in [0.1, 0.15) is 0 Å². The number of ether oxygens (including phenoxy) is 2. The Hall–Kier alpha value is -1.41. The first kappa shape index (κ1) is 14.7. The average molecular weight is 292 g/mol. The smallest absolute Gasteiger partial charge is 0.276 e. The Morgan fingerprint density at radius 2 is 1.94 bits per heavy atom. The van der Waals surface area contributed by atoms with Gasteiger partial charge in [0.15, 0.2) is 0 Å². The standard InChI is InChI=1S/C9H13N5O2S.ClH/c1-15-6-5-7(16-2)14-9(10-6)11-8(12-14)13-17(3)4;/h5H,1-4H3;1H. The first-order valence-electron chi connectivity index (χ1n) is 4.79. The molecule has 0 bridgehead atoms. The molecule has 0 amide bonds. The Morgan fingerprint density at radius 1 is 1.22 bits per heavy atom. The zero-order valence-electron chi connectivity index (χ0n) is 10.4. The fourth-order valence-electron chi connectivity index (χ4n) is 1.26. The average Bonchev–Trinajstić information content (AvgIpc) is 2.68. The number of methoxy groups -OCH3 is 2. The van der Waals surface area contributed by atoms with Gasteiger partial charge in [-0.05, 0) is 12.5 Å². The predicted octanol–water partition coefficient (Wildman–Crippen LogP) is 1.26. The fraction of sp³-hybridized carbons (Fsp3) is 0.444. The predicted molar refractivity (Wildman–Crippen MR) is 72.4 cm³/mol. The zero-order chi connectivity index (χ0) is 12.4. The van der Waals surface area contributed by atoms with Crippen molar-refractivity contribution in [3.05, 3.63) is 6.07 Å². The zero-order valence-corrected chi connectivity index (χ0v) is 12.1. The van der Waals surface area contributed by atoms with Gasteiger partial charge in [-0.1, -0.05) is 10.7 Å². The van der Waals surface area contributed by atoms with Crippen LogP contribution in [-0.4, -0.2) is 46.3 Å². The Labute approximate surface area is 113 Å². The Balaban J connectivity index is 0.00000162. The second-order valence-electron chi connectivity index (χ2n) is 3.33. The summed E-state index contributed by atoms with van der Waals surface area (Å²) in [6.45, 7) is 0. The third-order valence-corrected chi connectivity index (χ3v) is 2.46. The Morgan fingerprint density at radius 3 is 2.50 bits per heavy atom. The van der Waals surface area contributed by atoms with E-state index < -0.39 is 0 Å². The van der Waals surface area contributed by atoms with E-state index in [1.165, 1.54) is 11.6 Å². The summed E-state index contributed by atoms with van der Waals surface area (Å²) in [5.74, 6) is 1.75. The molecule has 2 rings (SSSR count). The second-order valence-corrected chi connectivity index (χ2v) is 5.06. The number of nitrogens with zero attached hydrogens (tertiary/aromatic N) is 5. The van der Waals surface area contributed by atoms with Crippen molar-refractivity contribution >= 4 is 34.8 Å². The highest BCUT2D eigenvalue weighted by atomic mass is 35.5. The van der Waals surface area contributed by atoms with Crippen molar-refractivity contribution in [1.82, 2.24) is 19.6 Å². The first-order chi connectivity index (χ1) is 8.13. The highest BCUT2D eigenvalue weighted by Crippen LogP contribution is 2.20. The van der Waals surface area contributed by atoms with Gasteiger partial charge >= 0.3 is 0 Å². The van der Waals surface area contributed by atoms with E-state index in [4.69, 9.17) is 9.47 Å². The lowest BCUT2D eigenvalue weighted by Gasteiger charge is -2.03. The minimum atomic E-state index is -0.122. The minimum Gasteiger partial charge on any atom is -0.481 e. The molecular weight excluding hydrogens is 278 g/mol. The van der Waals surface area contributed by atoms with Crippen molar-refractivity contribution in [2.24, 2.45) is 4.36 Å². The second kappa shape index (κ2) is 5.96. The molecule has 2 heterocycles. The van der Waals surface area contributed by atoms with Crippen LogP contribution in [0.4, 0.5) is 5.95 Å². The van der Waals surface area contributed by atoms with Gasteiger partial charge in [0.1, 0.15) is 0 Å². The number of aromatic nitrogens is 4. The SMILES string of the molecule is COc1cc(OC)n2nc(N=S(C)C)nc2n1.Cl. The number of rotatable bonds is 3. The quantitative estimate of drug-likeness (QED) is 0.851. The van der Waals surface area contributed by atoms with Crippen molar-refractivity contribution in [3.8, 4) is 11.8 Å². The third kappa shape index (κ3) is 2.88. The lowest BCUT2D eigenvalue weighted by Crippen LogP contribution is -1.99. The van der Waals surface area contributed by atoms with Crippen molar-refractivity contribution < 1.29 is 9.47 Å². The molecule has 7 nitrogen and oxygen atoms in total. The molecule has 0 saturated carbocycles. The molecule has 0 aromatic carbocycles. The number of hydrogen-bond donors (Lipinski definition) is 0. The summed E-state index contributed by atoms with van der Waals surface area (Å²) in [6.07, 6.45) is 3.97. The topological polar surface area (TPSA) is 73.9 Å². The van der Waals surface area contributed by atoms with Gasteiger partial charge < -0.3 is 9.47 Å². The minimum absolute atomic E-state index is 0. The van der Waals surface area contributed by atoms with Crippen LogP contribution in [0.15, 0.2) is 10.4 Å². The van der Waals surface area contributed by atoms with Gasteiger partial charge in [-0.15, -0.1) is 17.5 Å².